The summed E-state index contributed by atoms with van der Waals surface area (Å²) in [4.78, 5) is 26.8. The number of fused-ring (bicyclic) bond motifs is 1. The summed E-state index contributed by atoms with van der Waals surface area (Å²) in [5, 5.41) is 6.70. The van der Waals surface area contributed by atoms with Crippen LogP contribution in [0.3, 0.4) is 0 Å². The number of carbonyl (C=O) groups is 2. The number of nitrogens with zero attached hydrogens (tertiary/aromatic N) is 1. The Morgan fingerprint density at radius 3 is 2.86 bits per heavy atom. The number of nitrogens with one attached hydrogen (secondary N) is 2. The van der Waals surface area contributed by atoms with Crippen molar-refractivity contribution in [2.45, 2.75) is 6.42 Å². The maximum absolute atomic E-state index is 11.5. The van der Waals surface area contributed by atoms with Crippen LogP contribution in [0.25, 0.3) is 10.2 Å². The van der Waals surface area contributed by atoms with Crippen LogP contribution in [-0.4, -0.2) is 36.4 Å². The van der Waals surface area contributed by atoms with Crippen molar-refractivity contribution in [1.82, 2.24) is 15.6 Å². The Morgan fingerprint density at radius 1 is 1.29 bits per heavy atom. The smallest absolute Gasteiger partial charge is 0.239 e. The van der Waals surface area contributed by atoms with Gasteiger partial charge in [0.15, 0.2) is 0 Å². The first kappa shape index (κ1) is 15.7. The van der Waals surface area contributed by atoms with E-state index in [0.29, 0.717) is 18.0 Å². The van der Waals surface area contributed by atoms with Crippen molar-refractivity contribution in [1.29, 1.82) is 0 Å². The number of hydrogen-bond acceptors (Lipinski definition) is 5. The van der Waals surface area contributed by atoms with Crippen LogP contribution in [0.4, 0.5) is 0 Å². The van der Waals surface area contributed by atoms with E-state index in [2.05, 4.69) is 15.6 Å². The summed E-state index contributed by atoms with van der Waals surface area (Å²) in [5.74, 6) is -0.603. The van der Waals surface area contributed by atoms with Crippen molar-refractivity contribution in [2.24, 2.45) is 5.73 Å². The summed E-state index contributed by atoms with van der Waals surface area (Å²) < 4.78 is 1.07. The van der Waals surface area contributed by atoms with Crippen LogP contribution in [0.5, 0.6) is 0 Å². The van der Waals surface area contributed by atoms with Crippen molar-refractivity contribution in [2.75, 3.05) is 19.6 Å². The molecule has 0 saturated heterocycles. The summed E-state index contributed by atoms with van der Waals surface area (Å²) in [6.45, 7) is 0.276. The summed E-state index contributed by atoms with van der Waals surface area (Å²) >= 11 is 7.48. The third-order valence-electron chi connectivity index (χ3n) is 2.69. The molecule has 2 amide bonds. The average molecular weight is 327 g/mol. The van der Waals surface area contributed by atoms with Gasteiger partial charge in [0.05, 0.1) is 28.3 Å². The number of amides is 2. The van der Waals surface area contributed by atoms with Crippen molar-refractivity contribution < 1.29 is 9.59 Å². The molecule has 2 aromatic rings. The lowest BCUT2D eigenvalue weighted by atomic mass is 10.3. The number of thiazole rings is 1. The average Bonchev–Trinajstić information content (AvgIpc) is 2.86. The summed E-state index contributed by atoms with van der Waals surface area (Å²) in [6, 6.07) is 5.57. The largest absolute Gasteiger partial charge is 0.354 e. The molecule has 4 N–H and O–H groups in total. The van der Waals surface area contributed by atoms with Crippen LogP contribution in [0, 0.1) is 0 Å². The van der Waals surface area contributed by atoms with Crippen molar-refractivity contribution >= 4 is 45.0 Å². The van der Waals surface area contributed by atoms with Crippen LogP contribution < -0.4 is 16.4 Å². The highest BCUT2D eigenvalue weighted by atomic mass is 35.5. The SMILES string of the molecule is NCC(=O)NCC(=O)NCCc1nc2cc(Cl)ccc2s1. The number of halogens is 1. The summed E-state index contributed by atoms with van der Waals surface area (Å²) in [5.41, 5.74) is 5.99. The summed E-state index contributed by atoms with van der Waals surface area (Å²) in [7, 11) is 0. The highest BCUT2D eigenvalue weighted by molar-refractivity contribution is 7.18. The quantitative estimate of drug-likeness (QED) is 0.727. The molecule has 0 saturated carbocycles. The van der Waals surface area contributed by atoms with E-state index < -0.39 is 0 Å². The second-order valence-corrected chi connectivity index (χ2v) is 5.85. The van der Waals surface area contributed by atoms with Gasteiger partial charge < -0.3 is 16.4 Å². The van der Waals surface area contributed by atoms with Gasteiger partial charge in [0, 0.05) is 18.0 Å². The van der Waals surface area contributed by atoms with Gasteiger partial charge in [-0.15, -0.1) is 11.3 Å². The lowest BCUT2D eigenvalue weighted by molar-refractivity contribution is -0.125. The molecular weight excluding hydrogens is 312 g/mol. The van der Waals surface area contributed by atoms with E-state index >= 15 is 0 Å². The zero-order valence-corrected chi connectivity index (χ0v) is 12.8. The van der Waals surface area contributed by atoms with Crippen LogP contribution in [-0.2, 0) is 16.0 Å². The molecule has 0 radical (unpaired) electrons. The van der Waals surface area contributed by atoms with Crippen LogP contribution in [0.15, 0.2) is 18.2 Å². The zero-order chi connectivity index (χ0) is 15.2. The molecule has 0 aliphatic heterocycles. The first-order valence-corrected chi connectivity index (χ1v) is 7.56. The van der Waals surface area contributed by atoms with Gasteiger partial charge in [0.2, 0.25) is 11.8 Å². The Balaban J connectivity index is 1.79. The highest BCUT2D eigenvalue weighted by Crippen LogP contribution is 2.24. The number of rotatable bonds is 6. The molecule has 0 spiro atoms. The fraction of sp³-hybridized carbons (Fsp3) is 0.308. The van der Waals surface area contributed by atoms with E-state index in [0.717, 1.165) is 15.2 Å². The predicted octanol–water partition coefficient (Wildman–Crippen LogP) is 0.683. The molecule has 0 aliphatic carbocycles. The van der Waals surface area contributed by atoms with E-state index in [1.54, 1.807) is 11.3 Å². The lowest BCUT2D eigenvalue weighted by Crippen LogP contribution is -2.40. The Bertz CT molecular complexity index is 659. The Labute approximate surface area is 130 Å². The molecule has 0 fully saturated rings. The first-order chi connectivity index (χ1) is 10.1. The molecule has 21 heavy (non-hydrogen) atoms. The van der Waals surface area contributed by atoms with Crippen LogP contribution >= 0.6 is 22.9 Å². The lowest BCUT2D eigenvalue weighted by Gasteiger charge is -2.04. The molecule has 0 bridgehead atoms. The second kappa shape index (κ2) is 7.35. The minimum atomic E-state index is -0.354. The van der Waals surface area contributed by atoms with Gasteiger partial charge in [-0.25, -0.2) is 4.98 Å². The van der Waals surface area contributed by atoms with Gasteiger partial charge in [-0.1, -0.05) is 11.6 Å². The molecular formula is C13H15ClN4O2S. The van der Waals surface area contributed by atoms with Crippen molar-refractivity contribution in [3.63, 3.8) is 0 Å². The van der Waals surface area contributed by atoms with E-state index in [4.69, 9.17) is 17.3 Å². The standard InChI is InChI=1S/C13H15ClN4O2S/c14-8-1-2-10-9(5-8)18-13(21-10)3-4-16-12(20)7-17-11(19)6-15/h1-2,5H,3-4,6-7,15H2,(H,16,20)(H,17,19). The molecule has 2 rings (SSSR count). The molecule has 1 heterocycles. The van der Waals surface area contributed by atoms with Gasteiger partial charge in [-0.05, 0) is 18.2 Å². The maximum atomic E-state index is 11.5. The molecule has 6 nitrogen and oxygen atoms in total. The number of aromatic nitrogens is 1. The number of benzene rings is 1. The Hall–Kier alpha value is -1.70. The number of hydrogen-bond donors (Lipinski definition) is 3. The second-order valence-electron chi connectivity index (χ2n) is 4.30. The Morgan fingerprint density at radius 2 is 2.10 bits per heavy atom. The Kier molecular flexibility index (Phi) is 5.49. The molecule has 112 valence electrons. The fourth-order valence-electron chi connectivity index (χ4n) is 1.68. The van der Waals surface area contributed by atoms with E-state index in [9.17, 15) is 9.59 Å². The highest BCUT2D eigenvalue weighted by Gasteiger charge is 2.06. The third kappa shape index (κ3) is 4.66. The van der Waals surface area contributed by atoms with E-state index in [1.807, 2.05) is 18.2 Å². The zero-order valence-electron chi connectivity index (χ0n) is 11.2. The normalized spacial score (nSPS) is 10.6. The summed E-state index contributed by atoms with van der Waals surface area (Å²) in [6.07, 6.45) is 0.632. The van der Waals surface area contributed by atoms with Crippen LogP contribution in [0.2, 0.25) is 5.02 Å². The first-order valence-electron chi connectivity index (χ1n) is 6.37. The minimum Gasteiger partial charge on any atom is -0.354 e. The molecule has 1 aromatic carbocycles. The monoisotopic (exact) mass is 326 g/mol. The van der Waals surface area contributed by atoms with Gasteiger partial charge in [-0.3, -0.25) is 9.59 Å². The van der Waals surface area contributed by atoms with Crippen molar-refractivity contribution in [3.05, 3.63) is 28.2 Å². The van der Waals surface area contributed by atoms with E-state index in [1.165, 1.54) is 0 Å². The topological polar surface area (TPSA) is 97.1 Å². The fourth-order valence-corrected chi connectivity index (χ4v) is 2.79. The maximum Gasteiger partial charge on any atom is 0.239 e. The molecule has 0 aliphatic rings. The predicted molar refractivity (Wildman–Crippen MR) is 83.4 cm³/mol. The van der Waals surface area contributed by atoms with Gasteiger partial charge in [0.25, 0.3) is 0 Å². The van der Waals surface area contributed by atoms with Gasteiger partial charge in [-0.2, -0.15) is 0 Å². The third-order valence-corrected chi connectivity index (χ3v) is 4.02. The van der Waals surface area contributed by atoms with E-state index in [-0.39, 0.29) is 24.9 Å². The molecule has 8 heteroatoms. The number of nitrogens with two attached hydrogens (primary N) is 1. The van der Waals surface area contributed by atoms with Crippen LogP contribution in [0.1, 0.15) is 5.01 Å². The number of carbonyl (C=O) groups excluding carboxylic acids is 2. The minimum absolute atomic E-state index is 0.0640. The van der Waals surface area contributed by atoms with Gasteiger partial charge in [0.1, 0.15) is 0 Å². The van der Waals surface area contributed by atoms with Gasteiger partial charge >= 0.3 is 0 Å². The molecule has 0 unspecified atom stereocenters. The molecule has 0 atom stereocenters. The molecule has 1 aromatic heterocycles. The van der Waals surface area contributed by atoms with Crippen molar-refractivity contribution in [3.8, 4) is 0 Å².